The van der Waals surface area contributed by atoms with Crippen molar-refractivity contribution in [2.24, 2.45) is 0 Å². The summed E-state index contributed by atoms with van der Waals surface area (Å²) in [5.74, 6) is 1.84. The van der Waals surface area contributed by atoms with Crippen molar-refractivity contribution in [2.75, 3.05) is 38.0 Å². The van der Waals surface area contributed by atoms with E-state index in [0.29, 0.717) is 36.1 Å². The zero-order valence-electron chi connectivity index (χ0n) is 13.5. The van der Waals surface area contributed by atoms with Crippen LogP contribution in [0.3, 0.4) is 0 Å². The largest absolute Gasteiger partial charge is 0.497 e. The Labute approximate surface area is 139 Å². The number of nitrogens with zero attached hydrogens (tertiary/aromatic N) is 4. The number of hydrogen-bond donors (Lipinski definition) is 2. The molecule has 0 unspecified atom stereocenters. The Morgan fingerprint density at radius 2 is 1.79 bits per heavy atom. The maximum absolute atomic E-state index is 5.15. The molecule has 0 saturated heterocycles. The van der Waals surface area contributed by atoms with E-state index in [1.165, 1.54) is 0 Å². The van der Waals surface area contributed by atoms with Crippen LogP contribution in [0.1, 0.15) is 0 Å². The predicted octanol–water partition coefficient (Wildman–Crippen LogP) is 2.23. The second-order valence-electron chi connectivity index (χ2n) is 4.90. The Morgan fingerprint density at radius 3 is 2.54 bits per heavy atom. The lowest BCUT2D eigenvalue weighted by molar-refractivity contribution is 0.210. The SMILES string of the molecule is COCCNc1nc(Nc2ccc(OC)cc2)nc2nccnc12. The maximum atomic E-state index is 5.15. The van der Waals surface area contributed by atoms with Crippen LogP contribution in [0.15, 0.2) is 36.7 Å². The first kappa shape index (κ1) is 15.9. The number of fused-ring (bicyclic) bond motifs is 1. The molecule has 0 aliphatic heterocycles. The van der Waals surface area contributed by atoms with Gasteiger partial charge < -0.3 is 20.1 Å². The highest BCUT2D eigenvalue weighted by Crippen LogP contribution is 2.22. The van der Waals surface area contributed by atoms with Crippen molar-refractivity contribution in [1.29, 1.82) is 0 Å². The van der Waals surface area contributed by atoms with Crippen molar-refractivity contribution >= 4 is 28.6 Å². The summed E-state index contributed by atoms with van der Waals surface area (Å²) < 4.78 is 10.2. The highest BCUT2D eigenvalue weighted by atomic mass is 16.5. The summed E-state index contributed by atoms with van der Waals surface area (Å²) in [4.78, 5) is 17.4. The van der Waals surface area contributed by atoms with Gasteiger partial charge in [-0.05, 0) is 24.3 Å². The van der Waals surface area contributed by atoms with Crippen molar-refractivity contribution in [3.8, 4) is 5.75 Å². The maximum Gasteiger partial charge on any atom is 0.231 e. The van der Waals surface area contributed by atoms with Gasteiger partial charge in [0.2, 0.25) is 5.95 Å². The van der Waals surface area contributed by atoms with Crippen molar-refractivity contribution < 1.29 is 9.47 Å². The topological polar surface area (TPSA) is 94.1 Å². The minimum absolute atomic E-state index is 0.438. The van der Waals surface area contributed by atoms with Gasteiger partial charge in [0, 0.05) is 31.7 Å². The van der Waals surface area contributed by atoms with Crippen LogP contribution in [0, 0.1) is 0 Å². The third kappa shape index (κ3) is 3.66. The van der Waals surface area contributed by atoms with Crippen molar-refractivity contribution in [2.45, 2.75) is 0 Å². The van der Waals surface area contributed by atoms with Gasteiger partial charge in [0.1, 0.15) is 5.75 Å². The Kier molecular flexibility index (Phi) is 4.97. The Morgan fingerprint density at radius 1 is 1.00 bits per heavy atom. The van der Waals surface area contributed by atoms with Gasteiger partial charge in [-0.15, -0.1) is 0 Å². The van der Waals surface area contributed by atoms with E-state index in [4.69, 9.17) is 9.47 Å². The molecule has 0 aliphatic carbocycles. The summed E-state index contributed by atoms with van der Waals surface area (Å²) in [5.41, 5.74) is 1.99. The number of methoxy groups -OCH3 is 2. The number of nitrogens with one attached hydrogen (secondary N) is 2. The minimum atomic E-state index is 0.438. The summed E-state index contributed by atoms with van der Waals surface area (Å²) in [6.45, 7) is 1.17. The van der Waals surface area contributed by atoms with Gasteiger partial charge in [-0.3, -0.25) is 0 Å². The van der Waals surface area contributed by atoms with Gasteiger partial charge in [-0.1, -0.05) is 0 Å². The number of ether oxygens (including phenoxy) is 2. The number of rotatable bonds is 7. The Hall–Kier alpha value is -3.00. The third-order valence-electron chi connectivity index (χ3n) is 3.28. The second-order valence-corrected chi connectivity index (χ2v) is 4.90. The monoisotopic (exact) mass is 326 g/mol. The van der Waals surface area contributed by atoms with Gasteiger partial charge in [0.15, 0.2) is 17.0 Å². The summed E-state index contributed by atoms with van der Waals surface area (Å²) in [6, 6.07) is 7.50. The lowest BCUT2D eigenvalue weighted by atomic mass is 10.3. The van der Waals surface area contributed by atoms with Crippen molar-refractivity contribution in [3.05, 3.63) is 36.7 Å². The molecule has 0 amide bonds. The standard InChI is InChI=1S/C16H18N6O2/c1-23-10-9-19-15-13-14(18-8-7-17-13)21-16(22-15)20-11-3-5-12(24-2)6-4-11/h3-8H,9-10H2,1-2H3,(H2,18,19,20,21,22). The molecule has 24 heavy (non-hydrogen) atoms. The van der Waals surface area contributed by atoms with Gasteiger partial charge in [0.05, 0.1) is 13.7 Å². The summed E-state index contributed by atoms with van der Waals surface area (Å²) in [5, 5.41) is 6.36. The lowest BCUT2D eigenvalue weighted by Gasteiger charge is -2.10. The van der Waals surface area contributed by atoms with E-state index >= 15 is 0 Å². The molecule has 8 nitrogen and oxygen atoms in total. The average molecular weight is 326 g/mol. The van der Waals surface area contributed by atoms with Crippen molar-refractivity contribution in [1.82, 2.24) is 19.9 Å². The molecule has 124 valence electrons. The lowest BCUT2D eigenvalue weighted by Crippen LogP contribution is -2.11. The van der Waals surface area contributed by atoms with E-state index in [9.17, 15) is 0 Å². The highest BCUT2D eigenvalue weighted by Gasteiger charge is 2.10. The minimum Gasteiger partial charge on any atom is -0.497 e. The average Bonchev–Trinajstić information content (AvgIpc) is 2.62. The first-order valence-electron chi connectivity index (χ1n) is 7.43. The van der Waals surface area contributed by atoms with Crippen LogP contribution in [-0.2, 0) is 4.74 Å². The summed E-state index contributed by atoms with van der Waals surface area (Å²) in [7, 11) is 3.28. The van der Waals surface area contributed by atoms with Crippen LogP contribution >= 0.6 is 0 Å². The zero-order chi connectivity index (χ0) is 16.8. The van der Waals surface area contributed by atoms with Gasteiger partial charge in [-0.2, -0.15) is 9.97 Å². The van der Waals surface area contributed by atoms with E-state index in [0.717, 1.165) is 11.4 Å². The molecule has 2 aromatic heterocycles. The number of aromatic nitrogens is 4. The molecule has 2 heterocycles. The van der Waals surface area contributed by atoms with Crippen LogP contribution in [0.4, 0.5) is 17.5 Å². The zero-order valence-corrected chi connectivity index (χ0v) is 13.5. The highest BCUT2D eigenvalue weighted by molar-refractivity contribution is 5.83. The van der Waals surface area contributed by atoms with Crippen LogP contribution in [0.5, 0.6) is 5.75 Å². The quantitative estimate of drug-likeness (QED) is 0.638. The Bertz CT molecular complexity index is 809. The Balaban J connectivity index is 1.89. The van der Waals surface area contributed by atoms with Crippen LogP contribution in [-0.4, -0.2) is 47.3 Å². The molecule has 0 atom stereocenters. The molecule has 3 rings (SSSR count). The molecule has 2 N–H and O–H groups in total. The molecule has 1 aromatic carbocycles. The fraction of sp³-hybridized carbons (Fsp3) is 0.250. The number of anilines is 3. The number of hydrogen-bond acceptors (Lipinski definition) is 8. The van der Waals surface area contributed by atoms with Gasteiger partial charge in [0.25, 0.3) is 0 Å². The molecular formula is C16H18N6O2. The normalized spacial score (nSPS) is 10.6. The molecule has 8 heteroatoms. The molecule has 0 aliphatic rings. The van der Waals surface area contributed by atoms with E-state index in [2.05, 4.69) is 30.6 Å². The van der Waals surface area contributed by atoms with Gasteiger partial charge >= 0.3 is 0 Å². The summed E-state index contributed by atoms with van der Waals surface area (Å²) in [6.07, 6.45) is 3.22. The van der Waals surface area contributed by atoms with Crippen molar-refractivity contribution in [3.63, 3.8) is 0 Å². The molecular weight excluding hydrogens is 308 g/mol. The molecule has 0 saturated carbocycles. The fourth-order valence-electron chi connectivity index (χ4n) is 2.12. The van der Waals surface area contributed by atoms with Crippen LogP contribution in [0.2, 0.25) is 0 Å². The fourth-order valence-corrected chi connectivity index (χ4v) is 2.12. The van der Waals surface area contributed by atoms with Gasteiger partial charge in [-0.25, -0.2) is 9.97 Å². The number of benzene rings is 1. The summed E-state index contributed by atoms with van der Waals surface area (Å²) >= 11 is 0. The first-order valence-corrected chi connectivity index (χ1v) is 7.43. The van der Waals surface area contributed by atoms with E-state index in [1.807, 2.05) is 24.3 Å². The second kappa shape index (κ2) is 7.51. The smallest absolute Gasteiger partial charge is 0.231 e. The molecule has 0 fully saturated rings. The molecule has 0 spiro atoms. The van der Waals surface area contributed by atoms with Crippen LogP contribution in [0.25, 0.3) is 11.2 Å². The van der Waals surface area contributed by atoms with E-state index in [1.54, 1.807) is 26.6 Å². The molecule has 0 bridgehead atoms. The predicted molar refractivity (Wildman–Crippen MR) is 91.8 cm³/mol. The molecule has 0 radical (unpaired) electrons. The van der Waals surface area contributed by atoms with E-state index < -0.39 is 0 Å². The van der Waals surface area contributed by atoms with E-state index in [-0.39, 0.29) is 0 Å². The first-order chi connectivity index (χ1) is 11.8. The molecule has 3 aromatic rings. The third-order valence-corrected chi connectivity index (χ3v) is 3.28. The van der Waals surface area contributed by atoms with Crippen LogP contribution < -0.4 is 15.4 Å².